The van der Waals surface area contributed by atoms with Crippen molar-refractivity contribution in [2.24, 2.45) is 11.8 Å². The molecule has 1 aliphatic carbocycles. The molecule has 0 saturated heterocycles. The lowest BCUT2D eigenvalue weighted by Gasteiger charge is -2.23. The van der Waals surface area contributed by atoms with E-state index in [2.05, 4.69) is 32.8 Å². The average Bonchev–Trinajstić information content (AvgIpc) is 3.34. The zero-order chi connectivity index (χ0) is 19.6. The minimum atomic E-state index is -0.286. The standard InChI is InChI=1S/C22H34N4O2/c27-19(16-17-8-4-3-5-9-17)14-12-18-13-15-21(28)20(18)10-6-1-2-7-11-22-23-25-26-24-22/h3-5,8-9,18-21,27-28H,1-2,6-7,10-16H2,(H,23,24,25,26)/t18-,19?,20+,21+/m0/s1. The van der Waals surface area contributed by atoms with E-state index in [1.54, 1.807) is 0 Å². The molecule has 1 fully saturated rings. The Hall–Kier alpha value is -1.79. The zero-order valence-corrected chi connectivity index (χ0v) is 16.7. The Labute approximate surface area is 167 Å². The van der Waals surface area contributed by atoms with Crippen LogP contribution < -0.4 is 0 Å². The Bertz CT molecular complexity index is 650. The lowest BCUT2D eigenvalue weighted by Crippen LogP contribution is -2.21. The molecule has 4 atom stereocenters. The highest BCUT2D eigenvalue weighted by Gasteiger charge is 2.34. The number of aliphatic hydroxyl groups excluding tert-OH is 2. The number of aliphatic hydroxyl groups is 2. The summed E-state index contributed by atoms with van der Waals surface area (Å²) in [5.74, 6) is 1.82. The first-order chi connectivity index (χ1) is 13.7. The largest absolute Gasteiger partial charge is 0.393 e. The molecule has 1 heterocycles. The number of H-pyrrole nitrogens is 1. The Morgan fingerprint density at radius 1 is 1.04 bits per heavy atom. The van der Waals surface area contributed by atoms with Gasteiger partial charge in [0.1, 0.15) is 5.82 Å². The molecule has 6 heteroatoms. The van der Waals surface area contributed by atoms with E-state index in [0.29, 0.717) is 11.8 Å². The summed E-state index contributed by atoms with van der Waals surface area (Å²) in [6, 6.07) is 10.2. The SMILES string of the molecule is OC(CC[C@H]1CC[C@@H](O)[C@@H]1CCCCCCc1nnn[nH]1)Cc1ccccc1. The van der Waals surface area contributed by atoms with E-state index in [1.807, 2.05) is 18.2 Å². The molecule has 1 aromatic carbocycles. The van der Waals surface area contributed by atoms with Crippen LogP contribution in [0.3, 0.4) is 0 Å². The van der Waals surface area contributed by atoms with Crippen molar-refractivity contribution in [1.82, 2.24) is 20.6 Å². The minimum Gasteiger partial charge on any atom is -0.393 e. The second-order valence-corrected chi connectivity index (χ2v) is 8.29. The number of benzene rings is 1. The summed E-state index contributed by atoms with van der Waals surface area (Å²) in [7, 11) is 0. The molecule has 1 aromatic heterocycles. The molecule has 2 aromatic rings. The first-order valence-electron chi connectivity index (χ1n) is 10.8. The van der Waals surface area contributed by atoms with Gasteiger partial charge in [0.25, 0.3) is 0 Å². The molecule has 6 nitrogen and oxygen atoms in total. The topological polar surface area (TPSA) is 94.9 Å². The summed E-state index contributed by atoms with van der Waals surface area (Å²) in [5.41, 5.74) is 1.19. The lowest BCUT2D eigenvalue weighted by molar-refractivity contribution is 0.0988. The fourth-order valence-corrected chi connectivity index (χ4v) is 4.62. The third-order valence-corrected chi connectivity index (χ3v) is 6.21. The van der Waals surface area contributed by atoms with Crippen molar-refractivity contribution in [2.75, 3.05) is 0 Å². The number of unbranched alkanes of at least 4 members (excludes halogenated alkanes) is 3. The van der Waals surface area contributed by atoms with Gasteiger partial charge in [-0.2, -0.15) is 0 Å². The third-order valence-electron chi connectivity index (χ3n) is 6.21. The van der Waals surface area contributed by atoms with Gasteiger partial charge in [0.2, 0.25) is 0 Å². The number of rotatable bonds is 12. The van der Waals surface area contributed by atoms with Gasteiger partial charge in [-0.15, -0.1) is 5.10 Å². The van der Waals surface area contributed by atoms with Gasteiger partial charge in [-0.25, -0.2) is 5.10 Å². The maximum Gasteiger partial charge on any atom is 0.148 e. The highest BCUT2D eigenvalue weighted by Crippen LogP contribution is 2.39. The van der Waals surface area contributed by atoms with Crippen LogP contribution in [0.4, 0.5) is 0 Å². The smallest absolute Gasteiger partial charge is 0.148 e. The molecule has 28 heavy (non-hydrogen) atoms. The number of hydrogen-bond donors (Lipinski definition) is 3. The van der Waals surface area contributed by atoms with Crippen molar-refractivity contribution in [3.05, 3.63) is 41.7 Å². The van der Waals surface area contributed by atoms with Gasteiger partial charge in [0.15, 0.2) is 0 Å². The van der Waals surface area contributed by atoms with Crippen LogP contribution in [0.15, 0.2) is 30.3 Å². The van der Waals surface area contributed by atoms with Crippen molar-refractivity contribution in [1.29, 1.82) is 0 Å². The van der Waals surface area contributed by atoms with E-state index in [9.17, 15) is 10.2 Å². The van der Waals surface area contributed by atoms with Crippen molar-refractivity contribution in [3.8, 4) is 0 Å². The van der Waals surface area contributed by atoms with E-state index in [0.717, 1.165) is 57.2 Å². The maximum atomic E-state index is 10.4. The number of tetrazole rings is 1. The van der Waals surface area contributed by atoms with E-state index >= 15 is 0 Å². The van der Waals surface area contributed by atoms with Crippen LogP contribution >= 0.6 is 0 Å². The number of aromatic nitrogens is 4. The second kappa shape index (κ2) is 11.3. The van der Waals surface area contributed by atoms with Crippen LogP contribution in [-0.2, 0) is 12.8 Å². The Morgan fingerprint density at radius 2 is 1.86 bits per heavy atom. The number of hydrogen-bond acceptors (Lipinski definition) is 5. The molecule has 0 radical (unpaired) electrons. The van der Waals surface area contributed by atoms with Gasteiger partial charge in [0, 0.05) is 6.42 Å². The Balaban J connectivity index is 1.31. The molecule has 1 saturated carbocycles. The first kappa shape index (κ1) is 20.9. The van der Waals surface area contributed by atoms with Crippen LogP contribution in [0.25, 0.3) is 0 Å². The molecular weight excluding hydrogens is 352 g/mol. The van der Waals surface area contributed by atoms with E-state index in [-0.39, 0.29) is 12.2 Å². The summed E-state index contributed by atoms with van der Waals surface area (Å²) in [5, 5.41) is 34.7. The van der Waals surface area contributed by atoms with Gasteiger partial charge >= 0.3 is 0 Å². The van der Waals surface area contributed by atoms with Gasteiger partial charge in [-0.1, -0.05) is 49.6 Å². The second-order valence-electron chi connectivity index (χ2n) is 8.29. The van der Waals surface area contributed by atoms with Gasteiger partial charge in [-0.05, 0) is 72.8 Å². The molecule has 0 amide bonds. The van der Waals surface area contributed by atoms with Crippen LogP contribution in [0.2, 0.25) is 0 Å². The van der Waals surface area contributed by atoms with Crippen molar-refractivity contribution < 1.29 is 10.2 Å². The summed E-state index contributed by atoms with van der Waals surface area (Å²) in [4.78, 5) is 0. The van der Waals surface area contributed by atoms with Crippen molar-refractivity contribution in [3.63, 3.8) is 0 Å². The summed E-state index contributed by atoms with van der Waals surface area (Å²) >= 11 is 0. The first-order valence-corrected chi connectivity index (χ1v) is 10.8. The molecule has 3 N–H and O–H groups in total. The molecule has 0 spiro atoms. The van der Waals surface area contributed by atoms with Crippen LogP contribution in [0.5, 0.6) is 0 Å². The monoisotopic (exact) mass is 386 g/mol. The predicted molar refractivity (Wildman–Crippen MR) is 109 cm³/mol. The van der Waals surface area contributed by atoms with Gasteiger partial charge < -0.3 is 10.2 Å². The van der Waals surface area contributed by atoms with Crippen LogP contribution in [-0.4, -0.2) is 43.0 Å². The molecule has 1 aliphatic rings. The third kappa shape index (κ3) is 6.67. The van der Waals surface area contributed by atoms with E-state index < -0.39 is 0 Å². The number of nitrogens with zero attached hydrogens (tertiary/aromatic N) is 3. The van der Waals surface area contributed by atoms with E-state index in [1.165, 1.54) is 24.8 Å². The normalized spacial score (nSPS) is 23.1. The quantitative estimate of drug-likeness (QED) is 0.486. The van der Waals surface area contributed by atoms with Gasteiger partial charge in [0.05, 0.1) is 12.2 Å². The highest BCUT2D eigenvalue weighted by atomic mass is 16.3. The number of aromatic amines is 1. The summed E-state index contributed by atoms with van der Waals surface area (Å²) in [6.45, 7) is 0. The van der Waals surface area contributed by atoms with Gasteiger partial charge in [-0.3, -0.25) is 0 Å². The fraction of sp³-hybridized carbons (Fsp3) is 0.682. The number of nitrogens with one attached hydrogen (secondary N) is 1. The van der Waals surface area contributed by atoms with Crippen molar-refractivity contribution in [2.45, 2.75) is 82.8 Å². The lowest BCUT2D eigenvalue weighted by atomic mass is 9.85. The zero-order valence-electron chi connectivity index (χ0n) is 16.7. The molecule has 154 valence electrons. The molecule has 3 rings (SSSR count). The van der Waals surface area contributed by atoms with E-state index in [4.69, 9.17) is 0 Å². The summed E-state index contributed by atoms with van der Waals surface area (Å²) < 4.78 is 0. The summed E-state index contributed by atoms with van der Waals surface area (Å²) in [6.07, 6.45) is 10.8. The number of aryl methyl sites for hydroxylation is 1. The minimum absolute atomic E-state index is 0.156. The predicted octanol–water partition coefficient (Wildman–Crippen LogP) is 3.46. The average molecular weight is 387 g/mol. The fourth-order valence-electron chi connectivity index (χ4n) is 4.62. The Morgan fingerprint density at radius 3 is 2.64 bits per heavy atom. The molecular formula is C22H34N4O2. The van der Waals surface area contributed by atoms with Crippen LogP contribution in [0, 0.1) is 11.8 Å². The highest BCUT2D eigenvalue weighted by molar-refractivity contribution is 5.15. The molecule has 0 aliphatic heterocycles. The maximum absolute atomic E-state index is 10.4. The van der Waals surface area contributed by atoms with Crippen molar-refractivity contribution >= 4 is 0 Å². The van der Waals surface area contributed by atoms with Crippen LogP contribution in [0.1, 0.15) is 69.2 Å². The molecule has 1 unspecified atom stereocenters. The Kier molecular flexibility index (Phi) is 8.42. The molecule has 0 bridgehead atoms.